The number of halogens is 2. The molecule has 0 aliphatic rings. The second-order valence-electron chi connectivity index (χ2n) is 4.65. The first kappa shape index (κ1) is 16.1. The van der Waals surface area contributed by atoms with Crippen molar-refractivity contribution >= 4 is 31.3 Å². The molecule has 8 heteroatoms. The van der Waals surface area contributed by atoms with Crippen molar-refractivity contribution in [2.45, 2.75) is 25.3 Å². The van der Waals surface area contributed by atoms with Crippen LogP contribution in [0.1, 0.15) is 17.0 Å². The highest BCUT2D eigenvalue weighted by Gasteiger charge is 2.18. The molecule has 114 valence electrons. The largest absolute Gasteiger partial charge is 0.486 e. The second-order valence-corrected chi connectivity index (χ2v) is 7.56. The minimum Gasteiger partial charge on any atom is -0.486 e. The van der Waals surface area contributed by atoms with Gasteiger partial charge in [0.15, 0.2) is 0 Å². The maximum atomic E-state index is 11.6. The Labute approximate surface area is 132 Å². The van der Waals surface area contributed by atoms with Gasteiger partial charge in [0.1, 0.15) is 17.3 Å². The van der Waals surface area contributed by atoms with Crippen LogP contribution in [-0.4, -0.2) is 18.2 Å². The standard InChI is InChI=1S/C13H14Cl2N2O3S/c1-8-4-5-11(12(6-8)21(15,18)19)20-7-10-13(14)9(2)16-17(10)3/h4-6H,7H2,1-3H3. The highest BCUT2D eigenvalue weighted by atomic mass is 35.7. The fourth-order valence-corrected chi connectivity index (χ4v) is 3.18. The van der Waals surface area contributed by atoms with Crippen LogP contribution in [0.3, 0.4) is 0 Å². The SMILES string of the molecule is Cc1ccc(OCc2c(Cl)c(C)nn2C)c(S(=O)(=O)Cl)c1. The maximum absolute atomic E-state index is 11.6. The Morgan fingerprint density at radius 1 is 1.33 bits per heavy atom. The van der Waals surface area contributed by atoms with E-state index >= 15 is 0 Å². The molecule has 1 aromatic heterocycles. The summed E-state index contributed by atoms with van der Waals surface area (Å²) in [6.45, 7) is 3.65. The number of rotatable bonds is 4. The Hall–Kier alpha value is -1.24. The molecule has 0 atom stereocenters. The Bertz CT molecular complexity index is 785. The smallest absolute Gasteiger partial charge is 0.264 e. The van der Waals surface area contributed by atoms with Crippen molar-refractivity contribution in [3.63, 3.8) is 0 Å². The van der Waals surface area contributed by atoms with Gasteiger partial charge in [-0.05, 0) is 31.5 Å². The van der Waals surface area contributed by atoms with Crippen LogP contribution < -0.4 is 4.74 Å². The molecule has 0 saturated heterocycles. The summed E-state index contributed by atoms with van der Waals surface area (Å²) < 4.78 is 30.4. The van der Waals surface area contributed by atoms with Gasteiger partial charge in [-0.15, -0.1) is 0 Å². The van der Waals surface area contributed by atoms with Crippen molar-refractivity contribution in [2.75, 3.05) is 0 Å². The lowest BCUT2D eigenvalue weighted by atomic mass is 10.2. The minimum atomic E-state index is -3.88. The van der Waals surface area contributed by atoms with Gasteiger partial charge in [-0.1, -0.05) is 17.7 Å². The first-order valence-electron chi connectivity index (χ1n) is 6.06. The Morgan fingerprint density at radius 2 is 2.00 bits per heavy atom. The second kappa shape index (κ2) is 5.87. The highest BCUT2D eigenvalue weighted by molar-refractivity contribution is 8.13. The van der Waals surface area contributed by atoms with E-state index in [1.807, 2.05) is 0 Å². The third kappa shape index (κ3) is 3.51. The van der Waals surface area contributed by atoms with Crippen molar-refractivity contribution in [3.8, 4) is 5.75 Å². The van der Waals surface area contributed by atoms with Crippen LogP contribution in [0.4, 0.5) is 0 Å². The summed E-state index contributed by atoms with van der Waals surface area (Å²) >= 11 is 6.13. The molecular formula is C13H14Cl2N2O3S. The van der Waals surface area contributed by atoms with Crippen molar-refractivity contribution in [1.29, 1.82) is 0 Å². The van der Waals surface area contributed by atoms with Crippen LogP contribution in [0, 0.1) is 13.8 Å². The van der Waals surface area contributed by atoms with Crippen LogP contribution in [-0.2, 0) is 22.7 Å². The van der Waals surface area contributed by atoms with E-state index in [0.717, 1.165) is 5.56 Å². The first-order valence-corrected chi connectivity index (χ1v) is 8.75. The van der Waals surface area contributed by atoms with Gasteiger partial charge in [0.05, 0.1) is 16.4 Å². The predicted molar refractivity (Wildman–Crippen MR) is 81.5 cm³/mol. The van der Waals surface area contributed by atoms with Crippen molar-refractivity contribution < 1.29 is 13.2 Å². The van der Waals surface area contributed by atoms with Gasteiger partial charge in [0.25, 0.3) is 9.05 Å². The molecule has 0 radical (unpaired) electrons. The minimum absolute atomic E-state index is 0.0563. The zero-order valence-electron chi connectivity index (χ0n) is 11.7. The molecule has 0 unspecified atom stereocenters. The molecule has 0 N–H and O–H groups in total. The van der Waals surface area contributed by atoms with Gasteiger partial charge in [-0.3, -0.25) is 4.68 Å². The summed E-state index contributed by atoms with van der Waals surface area (Å²) in [6, 6.07) is 4.78. The van der Waals surface area contributed by atoms with Gasteiger partial charge in [-0.2, -0.15) is 5.10 Å². The average molecular weight is 349 g/mol. The van der Waals surface area contributed by atoms with Gasteiger partial charge in [0.2, 0.25) is 0 Å². The molecular weight excluding hydrogens is 335 g/mol. The fourth-order valence-electron chi connectivity index (χ4n) is 1.91. The van der Waals surface area contributed by atoms with E-state index in [9.17, 15) is 8.42 Å². The third-order valence-corrected chi connectivity index (χ3v) is 4.82. The highest BCUT2D eigenvalue weighted by Crippen LogP contribution is 2.29. The van der Waals surface area contributed by atoms with Gasteiger partial charge >= 0.3 is 0 Å². The molecule has 2 aromatic rings. The molecule has 0 aliphatic heterocycles. The van der Waals surface area contributed by atoms with E-state index in [2.05, 4.69) is 5.10 Å². The van der Waals surface area contributed by atoms with E-state index in [0.29, 0.717) is 16.4 Å². The van der Waals surface area contributed by atoms with Crippen LogP contribution in [0.15, 0.2) is 23.1 Å². The number of hydrogen-bond donors (Lipinski definition) is 0. The average Bonchev–Trinajstić information content (AvgIpc) is 2.61. The Kier molecular flexibility index (Phi) is 4.51. The quantitative estimate of drug-likeness (QED) is 0.796. The van der Waals surface area contributed by atoms with Crippen molar-refractivity contribution in [1.82, 2.24) is 9.78 Å². The number of ether oxygens (including phenoxy) is 1. The van der Waals surface area contributed by atoms with E-state index in [1.54, 1.807) is 37.7 Å². The molecule has 0 spiro atoms. The number of hydrogen-bond acceptors (Lipinski definition) is 4. The molecule has 2 rings (SSSR count). The summed E-state index contributed by atoms with van der Waals surface area (Å²) in [6.07, 6.45) is 0. The van der Waals surface area contributed by atoms with E-state index in [1.165, 1.54) is 6.07 Å². The molecule has 1 heterocycles. The van der Waals surface area contributed by atoms with Crippen LogP contribution in [0.5, 0.6) is 5.75 Å². The lowest BCUT2D eigenvalue weighted by molar-refractivity contribution is 0.287. The maximum Gasteiger partial charge on any atom is 0.264 e. The number of aromatic nitrogens is 2. The lowest BCUT2D eigenvalue weighted by Gasteiger charge is -2.11. The predicted octanol–water partition coefficient (Wildman–Crippen LogP) is 3.20. The molecule has 1 aromatic carbocycles. The summed E-state index contributed by atoms with van der Waals surface area (Å²) in [5.41, 5.74) is 2.12. The first-order chi connectivity index (χ1) is 9.70. The normalized spacial score (nSPS) is 11.7. The lowest BCUT2D eigenvalue weighted by Crippen LogP contribution is -2.06. The van der Waals surface area contributed by atoms with E-state index in [-0.39, 0.29) is 17.3 Å². The molecule has 0 bridgehead atoms. The number of benzene rings is 1. The summed E-state index contributed by atoms with van der Waals surface area (Å²) in [7, 11) is 3.29. The Morgan fingerprint density at radius 3 is 2.52 bits per heavy atom. The zero-order valence-corrected chi connectivity index (χ0v) is 14.1. The third-order valence-electron chi connectivity index (χ3n) is 2.99. The molecule has 0 saturated carbocycles. The Balaban J connectivity index is 2.33. The molecule has 5 nitrogen and oxygen atoms in total. The number of aryl methyl sites for hydroxylation is 3. The number of nitrogens with zero attached hydrogens (tertiary/aromatic N) is 2. The monoisotopic (exact) mass is 348 g/mol. The van der Waals surface area contributed by atoms with Crippen molar-refractivity contribution in [2.24, 2.45) is 7.05 Å². The van der Waals surface area contributed by atoms with Crippen LogP contribution >= 0.6 is 22.3 Å². The van der Waals surface area contributed by atoms with Crippen molar-refractivity contribution in [3.05, 3.63) is 40.2 Å². The molecule has 0 fully saturated rings. The zero-order chi connectivity index (χ0) is 15.8. The topological polar surface area (TPSA) is 61.2 Å². The van der Waals surface area contributed by atoms with E-state index < -0.39 is 9.05 Å². The van der Waals surface area contributed by atoms with Gasteiger partial charge in [0, 0.05) is 17.7 Å². The summed E-state index contributed by atoms with van der Waals surface area (Å²) in [5, 5.41) is 4.67. The molecule has 0 aliphatic carbocycles. The van der Waals surface area contributed by atoms with Gasteiger partial charge < -0.3 is 4.74 Å². The van der Waals surface area contributed by atoms with E-state index in [4.69, 9.17) is 27.0 Å². The van der Waals surface area contributed by atoms with Crippen LogP contribution in [0.25, 0.3) is 0 Å². The van der Waals surface area contributed by atoms with Gasteiger partial charge in [-0.25, -0.2) is 8.42 Å². The summed E-state index contributed by atoms with van der Waals surface area (Å²) in [4.78, 5) is -0.0563. The summed E-state index contributed by atoms with van der Waals surface area (Å²) in [5.74, 6) is 0.186. The van der Waals surface area contributed by atoms with Crippen LogP contribution in [0.2, 0.25) is 5.02 Å². The molecule has 21 heavy (non-hydrogen) atoms. The fraction of sp³-hybridized carbons (Fsp3) is 0.308. The molecule has 0 amide bonds.